The lowest BCUT2D eigenvalue weighted by Gasteiger charge is -2.42. The lowest BCUT2D eigenvalue weighted by molar-refractivity contribution is -0.147. The van der Waals surface area contributed by atoms with E-state index in [1.54, 1.807) is 4.90 Å². The average Bonchev–Trinajstić information content (AvgIpc) is 3.15. The second-order valence-electron chi connectivity index (χ2n) is 15.0. The van der Waals surface area contributed by atoms with Crippen LogP contribution in [-0.2, 0) is 52.7 Å². The van der Waals surface area contributed by atoms with Crippen molar-refractivity contribution in [3.8, 4) is 5.75 Å². The monoisotopic (exact) mass is 738 g/mol. The molecule has 1 aliphatic heterocycles. The van der Waals surface area contributed by atoms with Gasteiger partial charge in [-0.3, -0.25) is 14.4 Å². The number of hydrogen-bond acceptors (Lipinski definition) is 9. The van der Waals surface area contributed by atoms with Crippen LogP contribution in [0.1, 0.15) is 82.2 Å². The maximum absolute atomic E-state index is 14.6. The van der Waals surface area contributed by atoms with E-state index in [2.05, 4.69) is 22.8 Å². The molecule has 1 aliphatic carbocycles. The molecule has 294 valence electrons. The molecule has 2 aromatic rings. The Hall–Kier alpha value is -3.55. The number of nitrogens with zero attached hydrogens (tertiary/aromatic N) is 1. The molecule has 53 heavy (non-hydrogen) atoms. The molecule has 0 unspecified atom stereocenters. The molecule has 4 rings (SSSR count). The van der Waals surface area contributed by atoms with Crippen molar-refractivity contribution in [2.75, 3.05) is 66.0 Å². The van der Waals surface area contributed by atoms with Crippen LogP contribution in [0.25, 0.3) is 0 Å². The van der Waals surface area contributed by atoms with Crippen LogP contribution in [0.4, 0.5) is 0 Å². The highest BCUT2D eigenvalue weighted by molar-refractivity contribution is 5.93. The average molecular weight is 739 g/mol. The highest BCUT2D eigenvalue weighted by atomic mass is 16.6. The first kappa shape index (κ1) is 42.2. The molecule has 4 N–H and O–H groups in total. The van der Waals surface area contributed by atoms with Crippen LogP contribution in [0, 0.1) is 11.3 Å². The third kappa shape index (κ3) is 12.8. The minimum Gasteiger partial charge on any atom is -0.491 e. The van der Waals surface area contributed by atoms with Crippen LogP contribution in [0.15, 0.2) is 42.5 Å². The molecule has 0 spiro atoms. The predicted molar refractivity (Wildman–Crippen MR) is 203 cm³/mol. The molecule has 4 atom stereocenters. The van der Waals surface area contributed by atoms with E-state index in [9.17, 15) is 14.4 Å². The first-order valence-electron chi connectivity index (χ1n) is 19.3. The Labute approximate surface area is 315 Å². The van der Waals surface area contributed by atoms with Crippen molar-refractivity contribution in [3.05, 3.63) is 64.7 Å². The lowest BCUT2D eigenvalue weighted by Crippen LogP contribution is -2.61. The molecule has 0 saturated carbocycles. The van der Waals surface area contributed by atoms with Gasteiger partial charge in [-0.2, -0.15) is 0 Å². The Morgan fingerprint density at radius 3 is 2.15 bits per heavy atom. The van der Waals surface area contributed by atoms with E-state index in [1.165, 1.54) is 5.56 Å². The SMILES string of the molecule is CC[C@@H](C)C(=O)N[C@H](C(=O)N1Cc2cc(OCCOCCOCCOCCOCCN)ccc2C[C@H]1C(=O)N[C@@H]1CCCc2ccccc21)C(C)(C)C. The number of nitrogens with two attached hydrogens (primary N) is 1. The summed E-state index contributed by atoms with van der Waals surface area (Å²) in [5.74, 6) is -0.212. The number of aryl methyl sites for hydroxylation is 1. The molecule has 12 heteroatoms. The molecule has 12 nitrogen and oxygen atoms in total. The summed E-state index contributed by atoms with van der Waals surface area (Å²) < 4.78 is 27.9. The van der Waals surface area contributed by atoms with Crippen LogP contribution in [0.5, 0.6) is 5.75 Å². The maximum Gasteiger partial charge on any atom is 0.246 e. The normalized spacial score (nSPS) is 18.0. The fourth-order valence-corrected chi connectivity index (χ4v) is 6.64. The molecule has 0 saturated heterocycles. The largest absolute Gasteiger partial charge is 0.491 e. The molecular weight excluding hydrogens is 676 g/mol. The van der Waals surface area contributed by atoms with Gasteiger partial charge in [0.15, 0.2) is 0 Å². The van der Waals surface area contributed by atoms with Crippen LogP contribution >= 0.6 is 0 Å². The number of fused-ring (bicyclic) bond motifs is 2. The van der Waals surface area contributed by atoms with Crippen molar-refractivity contribution < 1.29 is 38.1 Å². The Bertz CT molecular complexity index is 1460. The number of amides is 3. The second kappa shape index (κ2) is 21.4. The summed E-state index contributed by atoms with van der Waals surface area (Å²) in [6.07, 6.45) is 3.83. The zero-order chi connectivity index (χ0) is 38.2. The minimum atomic E-state index is -0.814. The Kier molecular flexibility index (Phi) is 17.0. The number of rotatable bonds is 21. The van der Waals surface area contributed by atoms with Gasteiger partial charge in [-0.15, -0.1) is 0 Å². The first-order valence-corrected chi connectivity index (χ1v) is 19.3. The summed E-state index contributed by atoms with van der Waals surface area (Å²) in [5, 5.41) is 6.35. The van der Waals surface area contributed by atoms with Gasteiger partial charge in [-0.1, -0.05) is 65.0 Å². The van der Waals surface area contributed by atoms with Crippen molar-refractivity contribution in [2.45, 2.75) is 91.4 Å². The van der Waals surface area contributed by atoms with Gasteiger partial charge < -0.3 is 45.0 Å². The van der Waals surface area contributed by atoms with Gasteiger partial charge in [-0.05, 0) is 65.5 Å². The van der Waals surface area contributed by atoms with Gasteiger partial charge in [0, 0.05) is 25.4 Å². The third-order valence-electron chi connectivity index (χ3n) is 9.91. The van der Waals surface area contributed by atoms with Crippen molar-refractivity contribution in [1.29, 1.82) is 0 Å². The van der Waals surface area contributed by atoms with E-state index in [0.29, 0.717) is 84.6 Å². The maximum atomic E-state index is 14.6. The minimum absolute atomic E-state index is 0.120. The summed E-state index contributed by atoms with van der Waals surface area (Å²) >= 11 is 0. The summed E-state index contributed by atoms with van der Waals surface area (Å²) in [6, 6.07) is 12.4. The fourth-order valence-electron chi connectivity index (χ4n) is 6.64. The van der Waals surface area contributed by atoms with Crippen LogP contribution < -0.4 is 21.1 Å². The number of nitrogens with one attached hydrogen (secondary N) is 2. The topological polar surface area (TPSA) is 151 Å². The second-order valence-corrected chi connectivity index (χ2v) is 15.0. The number of carbonyl (C=O) groups excluding carboxylic acids is 3. The van der Waals surface area contributed by atoms with E-state index in [0.717, 1.165) is 36.0 Å². The zero-order valence-electron chi connectivity index (χ0n) is 32.5. The van der Waals surface area contributed by atoms with Gasteiger partial charge in [0.05, 0.1) is 58.9 Å². The van der Waals surface area contributed by atoms with Crippen LogP contribution in [0.3, 0.4) is 0 Å². The molecule has 2 aromatic carbocycles. The summed E-state index contributed by atoms with van der Waals surface area (Å²) in [4.78, 5) is 43.6. The summed E-state index contributed by atoms with van der Waals surface area (Å²) in [6.45, 7) is 14.5. The van der Waals surface area contributed by atoms with Gasteiger partial charge in [-0.25, -0.2) is 0 Å². The summed E-state index contributed by atoms with van der Waals surface area (Å²) in [7, 11) is 0. The lowest BCUT2D eigenvalue weighted by atomic mass is 9.83. The van der Waals surface area contributed by atoms with Gasteiger partial charge >= 0.3 is 0 Å². The highest BCUT2D eigenvalue weighted by Gasteiger charge is 2.43. The highest BCUT2D eigenvalue weighted by Crippen LogP contribution is 2.33. The van der Waals surface area contributed by atoms with Crippen molar-refractivity contribution in [2.24, 2.45) is 17.1 Å². The van der Waals surface area contributed by atoms with E-state index in [1.807, 2.05) is 65.0 Å². The van der Waals surface area contributed by atoms with Crippen molar-refractivity contribution in [3.63, 3.8) is 0 Å². The van der Waals surface area contributed by atoms with E-state index in [-0.39, 0.29) is 36.2 Å². The molecular formula is C41H62N4O8. The van der Waals surface area contributed by atoms with Gasteiger partial charge in [0.2, 0.25) is 17.7 Å². The van der Waals surface area contributed by atoms with E-state index < -0.39 is 17.5 Å². The third-order valence-corrected chi connectivity index (χ3v) is 9.91. The predicted octanol–water partition coefficient (Wildman–Crippen LogP) is 4.11. The molecule has 0 aromatic heterocycles. The van der Waals surface area contributed by atoms with Crippen LogP contribution in [0.2, 0.25) is 0 Å². The Morgan fingerprint density at radius 1 is 0.868 bits per heavy atom. The molecule has 2 aliphatic rings. The Balaban J connectivity index is 1.39. The van der Waals surface area contributed by atoms with Gasteiger partial charge in [0.1, 0.15) is 24.4 Å². The van der Waals surface area contributed by atoms with Gasteiger partial charge in [0.25, 0.3) is 0 Å². The number of benzene rings is 2. The molecule has 3 amide bonds. The smallest absolute Gasteiger partial charge is 0.246 e. The molecule has 0 radical (unpaired) electrons. The van der Waals surface area contributed by atoms with Crippen molar-refractivity contribution >= 4 is 17.7 Å². The molecule has 0 bridgehead atoms. The quantitative estimate of drug-likeness (QED) is 0.161. The Morgan fingerprint density at radius 2 is 1.51 bits per heavy atom. The molecule has 0 fully saturated rings. The van der Waals surface area contributed by atoms with Crippen LogP contribution in [-0.4, -0.2) is 101 Å². The first-order chi connectivity index (χ1) is 25.5. The number of carbonyl (C=O) groups is 3. The molecule has 1 heterocycles. The van der Waals surface area contributed by atoms with E-state index >= 15 is 0 Å². The fraction of sp³-hybridized carbons (Fsp3) is 0.634. The standard InChI is InChI=1S/C41H62N4O8/c1-6-29(2)38(46)44-37(41(3,4)5)40(48)45-28-32-26-33(53-25-24-52-23-22-51-21-20-50-19-18-49-17-16-42)15-14-31(32)27-36(45)39(47)43-35-13-9-11-30-10-7-8-12-34(30)35/h7-8,10,12,14-15,26,29,35-37H,6,9,11,13,16-25,27-28,42H2,1-5H3,(H,43,47)(H,44,46)/t29-,35-,36+,37-/m1/s1. The zero-order valence-corrected chi connectivity index (χ0v) is 32.5. The number of hydrogen-bond donors (Lipinski definition) is 3. The number of ether oxygens (including phenoxy) is 5. The summed E-state index contributed by atoms with van der Waals surface area (Å²) in [5.41, 5.74) is 9.08. The van der Waals surface area contributed by atoms with Crippen molar-refractivity contribution in [1.82, 2.24) is 15.5 Å². The van der Waals surface area contributed by atoms with E-state index in [4.69, 9.17) is 29.4 Å².